The summed E-state index contributed by atoms with van der Waals surface area (Å²) in [5.41, 5.74) is 2.20. The van der Waals surface area contributed by atoms with Crippen molar-refractivity contribution in [1.82, 2.24) is 4.90 Å². The second kappa shape index (κ2) is 9.00. The zero-order chi connectivity index (χ0) is 27.6. The van der Waals surface area contributed by atoms with E-state index in [-0.39, 0.29) is 17.3 Å². The number of ketones is 2. The number of halogens is 2. The van der Waals surface area contributed by atoms with Gasteiger partial charge in [0.2, 0.25) is 5.91 Å². The Balaban J connectivity index is 1.53. The molecule has 196 valence electrons. The molecular formula is C33H22ClFN2O3. The Bertz CT molecular complexity index is 1730. The van der Waals surface area contributed by atoms with E-state index in [4.69, 9.17) is 11.6 Å². The van der Waals surface area contributed by atoms with Gasteiger partial charge in [-0.1, -0.05) is 54.1 Å². The van der Waals surface area contributed by atoms with E-state index in [0.717, 1.165) is 11.1 Å². The van der Waals surface area contributed by atoms with Crippen molar-refractivity contribution in [3.63, 3.8) is 0 Å². The van der Waals surface area contributed by atoms with Gasteiger partial charge in [-0.2, -0.15) is 0 Å². The van der Waals surface area contributed by atoms with E-state index in [1.54, 1.807) is 24.3 Å². The number of Topliss-reactive ketones (excluding diaryl/α,β-unsaturated/α-hetero) is 2. The Morgan fingerprint density at radius 3 is 2.25 bits per heavy atom. The third kappa shape index (κ3) is 3.36. The summed E-state index contributed by atoms with van der Waals surface area (Å²) in [6, 6.07) is 25.2. The van der Waals surface area contributed by atoms with Crippen LogP contribution in [0.15, 0.2) is 103 Å². The maximum atomic E-state index is 14.6. The summed E-state index contributed by atoms with van der Waals surface area (Å²) in [4.78, 5) is 45.3. The van der Waals surface area contributed by atoms with Crippen LogP contribution in [-0.4, -0.2) is 28.4 Å². The summed E-state index contributed by atoms with van der Waals surface area (Å²) >= 11 is 6.12. The summed E-state index contributed by atoms with van der Waals surface area (Å²) in [6.07, 6.45) is 3.73. The Morgan fingerprint density at radius 1 is 0.825 bits per heavy atom. The van der Waals surface area contributed by atoms with Gasteiger partial charge in [0.1, 0.15) is 17.3 Å². The minimum Gasteiger partial charge on any atom is -0.358 e. The maximum Gasteiger partial charge on any atom is 0.238 e. The molecule has 0 radical (unpaired) electrons. The number of rotatable bonds is 4. The Labute approximate surface area is 234 Å². The SMILES string of the molecule is O=C(c1ccc(Cl)cc1)C1C(C(=O)c2ccc(F)cc2)C2(C(=O)Nc3ccccc32)C2c3ccccc3C=CN12. The molecule has 7 rings (SSSR count). The lowest BCUT2D eigenvalue weighted by Crippen LogP contribution is -2.49. The number of nitrogens with one attached hydrogen (secondary N) is 1. The first-order valence-corrected chi connectivity index (χ1v) is 13.3. The van der Waals surface area contributed by atoms with Crippen molar-refractivity contribution < 1.29 is 18.8 Å². The van der Waals surface area contributed by atoms with Crippen molar-refractivity contribution in [2.24, 2.45) is 5.92 Å². The Hall–Kier alpha value is -4.55. The Kier molecular flexibility index (Phi) is 5.51. The fourth-order valence-corrected chi connectivity index (χ4v) is 6.87. The van der Waals surface area contributed by atoms with Crippen molar-refractivity contribution in [2.45, 2.75) is 17.5 Å². The molecular weight excluding hydrogens is 527 g/mol. The molecule has 3 heterocycles. The standard InChI is InChI=1S/C33H22ClFN2O3/c34-22-13-9-21(10-14-22)30(39)28-27(29(38)20-11-15-23(35)16-12-20)33(25-7-3-4-8-26(25)36-32(33)40)31-24-6-2-1-5-19(24)17-18-37(28)31/h1-18,27-28,31H,(H,36,40). The first-order valence-electron chi connectivity index (χ1n) is 13.0. The molecule has 1 spiro atoms. The number of fused-ring (bicyclic) bond motifs is 6. The number of benzene rings is 4. The number of hydrogen-bond acceptors (Lipinski definition) is 4. The molecule has 4 unspecified atom stereocenters. The molecule has 7 heteroatoms. The van der Waals surface area contributed by atoms with Gasteiger partial charge in [0.25, 0.3) is 0 Å². The molecule has 4 aromatic carbocycles. The van der Waals surface area contributed by atoms with Crippen LogP contribution in [0.25, 0.3) is 6.08 Å². The summed E-state index contributed by atoms with van der Waals surface area (Å²) in [5.74, 6) is -2.66. The van der Waals surface area contributed by atoms with Crippen molar-refractivity contribution >= 4 is 40.8 Å². The van der Waals surface area contributed by atoms with Crippen LogP contribution in [0, 0.1) is 11.7 Å². The number of anilines is 1. The van der Waals surface area contributed by atoms with Crippen LogP contribution >= 0.6 is 11.6 Å². The van der Waals surface area contributed by atoms with Gasteiger partial charge in [-0.05, 0) is 77.4 Å². The second-order valence-electron chi connectivity index (χ2n) is 10.3. The second-order valence-corrected chi connectivity index (χ2v) is 10.8. The molecule has 5 nitrogen and oxygen atoms in total. The monoisotopic (exact) mass is 548 g/mol. The van der Waals surface area contributed by atoms with E-state index in [2.05, 4.69) is 5.32 Å². The normalized spacial score (nSPS) is 23.9. The van der Waals surface area contributed by atoms with Gasteiger partial charge in [0, 0.05) is 28.0 Å². The van der Waals surface area contributed by atoms with E-state index in [0.29, 0.717) is 21.8 Å². The van der Waals surface area contributed by atoms with Crippen LogP contribution in [-0.2, 0) is 10.2 Å². The van der Waals surface area contributed by atoms with Gasteiger partial charge in [-0.3, -0.25) is 14.4 Å². The predicted octanol–water partition coefficient (Wildman–Crippen LogP) is 6.46. The van der Waals surface area contributed by atoms with Gasteiger partial charge in [0.05, 0.1) is 12.0 Å². The highest BCUT2D eigenvalue weighted by Crippen LogP contribution is 2.62. The number of para-hydroxylation sites is 1. The van der Waals surface area contributed by atoms with E-state index in [1.165, 1.54) is 24.3 Å². The van der Waals surface area contributed by atoms with Crippen molar-refractivity contribution in [1.29, 1.82) is 0 Å². The highest BCUT2D eigenvalue weighted by molar-refractivity contribution is 6.30. The molecule has 4 atom stereocenters. The molecule has 1 N–H and O–H groups in total. The van der Waals surface area contributed by atoms with Crippen LogP contribution in [0.5, 0.6) is 0 Å². The lowest BCUT2D eigenvalue weighted by atomic mass is 9.62. The lowest BCUT2D eigenvalue weighted by molar-refractivity contribution is -0.122. The third-order valence-electron chi connectivity index (χ3n) is 8.38. The van der Waals surface area contributed by atoms with Crippen LogP contribution in [0.3, 0.4) is 0 Å². The molecule has 1 amide bonds. The summed E-state index contributed by atoms with van der Waals surface area (Å²) in [5, 5.41) is 3.49. The Morgan fingerprint density at radius 2 is 1.48 bits per heavy atom. The minimum atomic E-state index is -1.43. The van der Waals surface area contributed by atoms with E-state index in [1.807, 2.05) is 65.7 Å². The van der Waals surface area contributed by atoms with Gasteiger partial charge < -0.3 is 10.2 Å². The van der Waals surface area contributed by atoms with Gasteiger partial charge in [0.15, 0.2) is 11.6 Å². The number of carbonyl (C=O) groups is 3. The number of nitrogens with zero attached hydrogens (tertiary/aromatic N) is 1. The molecule has 1 saturated heterocycles. The van der Waals surface area contributed by atoms with Crippen molar-refractivity contribution in [3.05, 3.63) is 142 Å². The van der Waals surface area contributed by atoms with E-state index >= 15 is 0 Å². The quantitative estimate of drug-likeness (QED) is 0.297. The fraction of sp³-hybridized carbons (Fsp3) is 0.121. The van der Waals surface area contributed by atoms with E-state index < -0.39 is 35.0 Å². The molecule has 0 aromatic heterocycles. The molecule has 3 aliphatic heterocycles. The number of carbonyl (C=O) groups excluding carboxylic acids is 3. The summed E-state index contributed by atoms with van der Waals surface area (Å²) < 4.78 is 13.9. The van der Waals surface area contributed by atoms with Gasteiger partial charge >= 0.3 is 0 Å². The maximum absolute atomic E-state index is 14.6. The number of amides is 1. The highest BCUT2D eigenvalue weighted by atomic mass is 35.5. The summed E-state index contributed by atoms with van der Waals surface area (Å²) in [7, 11) is 0. The molecule has 40 heavy (non-hydrogen) atoms. The van der Waals surface area contributed by atoms with Crippen LogP contribution < -0.4 is 5.32 Å². The topological polar surface area (TPSA) is 66.5 Å². The molecule has 0 bridgehead atoms. The average Bonchev–Trinajstić information content (AvgIpc) is 3.45. The van der Waals surface area contributed by atoms with Crippen LogP contribution in [0.4, 0.5) is 10.1 Å². The predicted molar refractivity (Wildman–Crippen MR) is 151 cm³/mol. The molecule has 0 saturated carbocycles. The van der Waals surface area contributed by atoms with Crippen molar-refractivity contribution in [3.8, 4) is 0 Å². The van der Waals surface area contributed by atoms with Gasteiger partial charge in [-0.25, -0.2) is 4.39 Å². The minimum absolute atomic E-state index is 0.231. The zero-order valence-electron chi connectivity index (χ0n) is 21.1. The fourth-order valence-electron chi connectivity index (χ4n) is 6.75. The van der Waals surface area contributed by atoms with Gasteiger partial charge in [-0.15, -0.1) is 0 Å². The highest BCUT2D eigenvalue weighted by Gasteiger charge is 2.70. The smallest absolute Gasteiger partial charge is 0.238 e. The third-order valence-corrected chi connectivity index (χ3v) is 8.63. The molecule has 4 aromatic rings. The average molecular weight is 549 g/mol. The van der Waals surface area contributed by atoms with Crippen LogP contribution in [0.1, 0.15) is 43.4 Å². The summed E-state index contributed by atoms with van der Waals surface area (Å²) in [6.45, 7) is 0. The zero-order valence-corrected chi connectivity index (χ0v) is 21.8. The van der Waals surface area contributed by atoms with E-state index in [9.17, 15) is 18.8 Å². The first kappa shape index (κ1) is 24.5. The first-order chi connectivity index (χ1) is 19.4. The molecule has 1 fully saturated rings. The molecule has 3 aliphatic rings. The number of hydrogen-bond donors (Lipinski definition) is 1. The van der Waals surface area contributed by atoms with Crippen LogP contribution in [0.2, 0.25) is 5.02 Å². The van der Waals surface area contributed by atoms with Crippen molar-refractivity contribution in [2.75, 3.05) is 5.32 Å². The molecule has 0 aliphatic carbocycles. The largest absolute Gasteiger partial charge is 0.358 e. The lowest BCUT2D eigenvalue weighted by Gasteiger charge is -2.38.